The quantitative estimate of drug-likeness (QED) is 0.823. The monoisotopic (exact) mass is 259 g/mol. The van der Waals surface area contributed by atoms with Crippen molar-refractivity contribution < 1.29 is 0 Å². The standard InChI is InChI=1S/C18H29N/c1-13-9-10-15(12-14(13)2)17(19-5)16-8-6-7-11-18(16,3)4/h9-10,12,16-17,19H,6-8,11H2,1-5H3. The van der Waals surface area contributed by atoms with Crippen LogP contribution in [0, 0.1) is 25.2 Å². The van der Waals surface area contributed by atoms with Crippen LogP contribution < -0.4 is 5.32 Å². The third-order valence-electron chi connectivity index (χ3n) is 5.19. The summed E-state index contributed by atoms with van der Waals surface area (Å²) in [6.45, 7) is 9.31. The van der Waals surface area contributed by atoms with Crippen molar-refractivity contribution in [1.82, 2.24) is 5.32 Å². The van der Waals surface area contributed by atoms with E-state index in [1.807, 2.05) is 0 Å². The van der Waals surface area contributed by atoms with Crippen LogP contribution in [0.5, 0.6) is 0 Å². The molecule has 0 bridgehead atoms. The van der Waals surface area contributed by atoms with Crippen molar-refractivity contribution in [1.29, 1.82) is 0 Å². The highest BCUT2D eigenvalue weighted by molar-refractivity contribution is 5.32. The average Bonchev–Trinajstić information content (AvgIpc) is 2.36. The Morgan fingerprint density at radius 2 is 1.89 bits per heavy atom. The number of hydrogen-bond acceptors (Lipinski definition) is 1. The molecular formula is C18H29N. The summed E-state index contributed by atoms with van der Waals surface area (Å²) in [5.41, 5.74) is 4.71. The van der Waals surface area contributed by atoms with Crippen molar-refractivity contribution in [3.05, 3.63) is 34.9 Å². The van der Waals surface area contributed by atoms with Gasteiger partial charge in [0.1, 0.15) is 0 Å². The molecule has 19 heavy (non-hydrogen) atoms. The Balaban J connectivity index is 2.30. The molecule has 0 radical (unpaired) electrons. The van der Waals surface area contributed by atoms with Gasteiger partial charge in [0.2, 0.25) is 0 Å². The lowest BCUT2D eigenvalue weighted by Gasteiger charge is -2.43. The molecule has 0 heterocycles. The topological polar surface area (TPSA) is 12.0 Å². The summed E-state index contributed by atoms with van der Waals surface area (Å²) in [7, 11) is 2.12. The molecule has 2 rings (SSSR count). The normalized spacial score (nSPS) is 24.2. The first-order valence-corrected chi connectivity index (χ1v) is 7.70. The second-order valence-corrected chi connectivity index (χ2v) is 6.95. The summed E-state index contributed by atoms with van der Waals surface area (Å²) in [5.74, 6) is 0.744. The summed E-state index contributed by atoms with van der Waals surface area (Å²) in [6, 6.07) is 7.45. The molecule has 2 unspecified atom stereocenters. The molecule has 0 aliphatic heterocycles. The fourth-order valence-electron chi connectivity index (χ4n) is 3.70. The van der Waals surface area contributed by atoms with Crippen molar-refractivity contribution in [2.24, 2.45) is 11.3 Å². The van der Waals surface area contributed by atoms with E-state index >= 15 is 0 Å². The third kappa shape index (κ3) is 3.02. The van der Waals surface area contributed by atoms with Gasteiger partial charge in [-0.05, 0) is 61.8 Å². The van der Waals surface area contributed by atoms with E-state index in [-0.39, 0.29) is 0 Å². The van der Waals surface area contributed by atoms with E-state index in [4.69, 9.17) is 0 Å². The van der Waals surface area contributed by atoms with Crippen molar-refractivity contribution in [2.75, 3.05) is 7.05 Å². The summed E-state index contributed by atoms with van der Waals surface area (Å²) in [4.78, 5) is 0. The van der Waals surface area contributed by atoms with Crippen molar-refractivity contribution in [3.8, 4) is 0 Å². The van der Waals surface area contributed by atoms with Crippen LogP contribution in [0.3, 0.4) is 0 Å². The van der Waals surface area contributed by atoms with Crippen LogP contribution in [0.15, 0.2) is 18.2 Å². The van der Waals surface area contributed by atoms with E-state index in [0.717, 1.165) is 5.92 Å². The summed E-state index contributed by atoms with van der Waals surface area (Å²) in [5, 5.41) is 3.59. The Labute approximate surface area is 118 Å². The molecule has 1 N–H and O–H groups in total. The molecule has 0 spiro atoms. The lowest BCUT2D eigenvalue weighted by molar-refractivity contribution is 0.101. The predicted octanol–water partition coefficient (Wildman–Crippen LogP) is 4.78. The zero-order chi connectivity index (χ0) is 14.0. The Morgan fingerprint density at radius 3 is 2.47 bits per heavy atom. The fourth-order valence-corrected chi connectivity index (χ4v) is 3.70. The zero-order valence-corrected chi connectivity index (χ0v) is 13.2. The maximum atomic E-state index is 3.59. The Morgan fingerprint density at radius 1 is 1.16 bits per heavy atom. The van der Waals surface area contributed by atoms with E-state index < -0.39 is 0 Å². The number of aryl methyl sites for hydroxylation is 2. The van der Waals surface area contributed by atoms with E-state index in [9.17, 15) is 0 Å². The molecule has 2 atom stereocenters. The third-order valence-corrected chi connectivity index (χ3v) is 5.19. The zero-order valence-electron chi connectivity index (χ0n) is 13.2. The van der Waals surface area contributed by atoms with Gasteiger partial charge >= 0.3 is 0 Å². The minimum absolute atomic E-state index is 0.449. The number of hydrogen-bond donors (Lipinski definition) is 1. The van der Waals surface area contributed by atoms with Crippen LogP contribution in [0.25, 0.3) is 0 Å². The van der Waals surface area contributed by atoms with Crippen LogP contribution >= 0.6 is 0 Å². The van der Waals surface area contributed by atoms with Gasteiger partial charge in [-0.1, -0.05) is 44.9 Å². The van der Waals surface area contributed by atoms with E-state index in [0.29, 0.717) is 11.5 Å². The largest absolute Gasteiger partial charge is 0.313 e. The highest BCUT2D eigenvalue weighted by Crippen LogP contribution is 2.46. The molecule has 1 aromatic rings. The van der Waals surface area contributed by atoms with Crippen LogP contribution in [-0.4, -0.2) is 7.05 Å². The van der Waals surface area contributed by atoms with Crippen molar-refractivity contribution >= 4 is 0 Å². The highest BCUT2D eigenvalue weighted by atomic mass is 14.9. The van der Waals surface area contributed by atoms with Crippen molar-refractivity contribution in [3.63, 3.8) is 0 Å². The van der Waals surface area contributed by atoms with Crippen LogP contribution in [0.1, 0.15) is 62.3 Å². The molecule has 1 nitrogen and oxygen atoms in total. The first kappa shape index (κ1) is 14.6. The summed E-state index contributed by atoms with van der Waals surface area (Å²) >= 11 is 0. The molecular weight excluding hydrogens is 230 g/mol. The molecule has 0 saturated heterocycles. The van der Waals surface area contributed by atoms with E-state index in [1.165, 1.54) is 42.4 Å². The fraction of sp³-hybridized carbons (Fsp3) is 0.667. The van der Waals surface area contributed by atoms with Gasteiger partial charge in [0.25, 0.3) is 0 Å². The van der Waals surface area contributed by atoms with Gasteiger partial charge in [-0.2, -0.15) is 0 Å². The Hall–Kier alpha value is -0.820. The molecule has 1 saturated carbocycles. The maximum Gasteiger partial charge on any atom is 0.0351 e. The predicted molar refractivity (Wildman–Crippen MR) is 83.5 cm³/mol. The highest BCUT2D eigenvalue weighted by Gasteiger charge is 2.37. The van der Waals surface area contributed by atoms with E-state index in [2.05, 4.69) is 58.3 Å². The Kier molecular flexibility index (Phi) is 4.35. The molecule has 1 fully saturated rings. The first-order valence-electron chi connectivity index (χ1n) is 7.70. The SMILES string of the molecule is CNC(c1ccc(C)c(C)c1)C1CCCCC1(C)C. The average molecular weight is 259 g/mol. The lowest BCUT2D eigenvalue weighted by atomic mass is 9.64. The minimum atomic E-state index is 0.449. The van der Waals surface area contributed by atoms with Gasteiger partial charge in [-0.15, -0.1) is 0 Å². The summed E-state index contributed by atoms with van der Waals surface area (Å²) < 4.78 is 0. The first-order chi connectivity index (χ1) is 8.95. The molecule has 106 valence electrons. The minimum Gasteiger partial charge on any atom is -0.313 e. The van der Waals surface area contributed by atoms with Crippen LogP contribution in [0.2, 0.25) is 0 Å². The van der Waals surface area contributed by atoms with Gasteiger partial charge < -0.3 is 5.32 Å². The van der Waals surface area contributed by atoms with E-state index in [1.54, 1.807) is 0 Å². The number of rotatable bonds is 3. The van der Waals surface area contributed by atoms with Gasteiger partial charge in [0.15, 0.2) is 0 Å². The Bertz CT molecular complexity index is 433. The molecule has 1 aliphatic rings. The maximum absolute atomic E-state index is 3.59. The van der Waals surface area contributed by atoms with Gasteiger partial charge in [0, 0.05) is 6.04 Å². The summed E-state index contributed by atoms with van der Waals surface area (Å²) in [6.07, 6.45) is 5.50. The second kappa shape index (κ2) is 5.66. The molecule has 0 aromatic heterocycles. The lowest BCUT2D eigenvalue weighted by Crippen LogP contribution is -2.37. The van der Waals surface area contributed by atoms with Crippen LogP contribution in [0.4, 0.5) is 0 Å². The van der Waals surface area contributed by atoms with Gasteiger partial charge in [0.05, 0.1) is 0 Å². The smallest absolute Gasteiger partial charge is 0.0351 e. The second-order valence-electron chi connectivity index (χ2n) is 6.95. The molecule has 0 amide bonds. The molecule has 1 aromatic carbocycles. The molecule has 1 aliphatic carbocycles. The number of nitrogens with one attached hydrogen (secondary N) is 1. The molecule has 1 heteroatoms. The number of benzene rings is 1. The van der Waals surface area contributed by atoms with Crippen molar-refractivity contribution in [2.45, 2.75) is 59.4 Å². The van der Waals surface area contributed by atoms with Crippen LogP contribution in [-0.2, 0) is 0 Å². The van der Waals surface area contributed by atoms with Gasteiger partial charge in [-0.25, -0.2) is 0 Å². The van der Waals surface area contributed by atoms with Gasteiger partial charge in [-0.3, -0.25) is 0 Å².